The molecule has 0 saturated heterocycles. The molecule has 2 fully saturated rings. The number of hydrogen-bond donors (Lipinski definition) is 2. The molecule has 2 aliphatic carbocycles. The number of aliphatic hydroxyl groups is 2. The number of benzene rings is 2. The van der Waals surface area contributed by atoms with Gasteiger partial charge in [-0.05, 0) is 87.8 Å². The van der Waals surface area contributed by atoms with E-state index < -0.39 is 46.5 Å². The molecule has 2 aromatic rings. The summed E-state index contributed by atoms with van der Waals surface area (Å²) in [4.78, 5) is 62.1. The first-order valence-corrected chi connectivity index (χ1v) is 14.8. The van der Waals surface area contributed by atoms with Gasteiger partial charge in [-0.2, -0.15) is 0 Å². The van der Waals surface area contributed by atoms with Gasteiger partial charge in [-0.25, -0.2) is 4.79 Å². The summed E-state index contributed by atoms with van der Waals surface area (Å²) in [6, 6.07) is 10.3. The Morgan fingerprint density at radius 3 is 1.60 bits per heavy atom. The van der Waals surface area contributed by atoms with Gasteiger partial charge in [-0.15, -0.1) is 0 Å². The number of carbonyl (C=O) groups is 4. The number of rotatable bonds is 9. The van der Waals surface area contributed by atoms with Crippen molar-refractivity contribution in [1.82, 2.24) is 0 Å². The maximum absolute atomic E-state index is 13.3. The predicted molar refractivity (Wildman–Crippen MR) is 157 cm³/mol. The van der Waals surface area contributed by atoms with Gasteiger partial charge >= 0.3 is 11.9 Å². The first-order valence-electron chi connectivity index (χ1n) is 14.8. The Kier molecular flexibility index (Phi) is 9.87. The van der Waals surface area contributed by atoms with E-state index in [0.717, 1.165) is 34.8 Å². The zero-order chi connectivity index (χ0) is 31.4. The van der Waals surface area contributed by atoms with Crippen LogP contribution < -0.4 is 0 Å². The summed E-state index contributed by atoms with van der Waals surface area (Å²) in [7, 11) is 0. The molecule has 0 bridgehead atoms. The lowest BCUT2D eigenvalue weighted by Crippen LogP contribution is -2.51. The van der Waals surface area contributed by atoms with Gasteiger partial charge in [-0.3, -0.25) is 24.2 Å². The van der Waals surface area contributed by atoms with E-state index in [4.69, 9.17) is 14.5 Å². The van der Waals surface area contributed by atoms with E-state index in [9.17, 15) is 29.4 Å². The van der Waals surface area contributed by atoms with Crippen LogP contribution in [-0.2, 0) is 24.1 Å². The summed E-state index contributed by atoms with van der Waals surface area (Å²) < 4.78 is 5.14. The Morgan fingerprint density at radius 2 is 1.14 bits per heavy atom. The molecule has 0 spiro atoms. The fraction of sp³-hybridized carbons (Fsp3) is 0.471. The Balaban J connectivity index is 1.36. The SMILES string of the molecule is Cc1ccc(C(=O)C2(O)CCCCC2C(=O)OC=COOC(=O)C2CCCCC2(O)C(=O)c2ccc(C)c(C)c2)cc1C. The van der Waals surface area contributed by atoms with Crippen LogP contribution in [0.4, 0.5) is 0 Å². The van der Waals surface area contributed by atoms with Crippen molar-refractivity contribution in [2.75, 3.05) is 0 Å². The van der Waals surface area contributed by atoms with Gasteiger partial charge in [0.2, 0.25) is 0 Å². The van der Waals surface area contributed by atoms with Crippen molar-refractivity contribution < 1.29 is 43.9 Å². The van der Waals surface area contributed by atoms with Crippen molar-refractivity contribution in [3.8, 4) is 0 Å². The molecule has 4 rings (SSSR count). The normalized spacial score (nSPS) is 25.6. The number of aryl methyl sites for hydroxylation is 4. The molecular weight excluding hydrogens is 552 g/mol. The summed E-state index contributed by atoms with van der Waals surface area (Å²) in [5.74, 6) is -5.03. The number of carbonyl (C=O) groups excluding carboxylic acids is 4. The Bertz CT molecular complexity index is 1430. The van der Waals surface area contributed by atoms with Crippen LogP contribution in [0, 0.1) is 39.5 Å². The zero-order valence-corrected chi connectivity index (χ0v) is 25.2. The van der Waals surface area contributed by atoms with Gasteiger partial charge in [0.1, 0.15) is 17.5 Å². The van der Waals surface area contributed by atoms with Crippen molar-refractivity contribution in [2.45, 2.75) is 90.3 Å². The minimum absolute atomic E-state index is 0.108. The Labute approximate surface area is 251 Å². The zero-order valence-electron chi connectivity index (χ0n) is 25.2. The van der Waals surface area contributed by atoms with Gasteiger partial charge in [0.25, 0.3) is 0 Å². The Hall–Kier alpha value is -3.82. The predicted octanol–water partition coefficient (Wildman–Crippen LogP) is 5.32. The quantitative estimate of drug-likeness (QED) is 0.130. The average molecular weight is 593 g/mol. The highest BCUT2D eigenvalue weighted by Gasteiger charge is 2.51. The topological polar surface area (TPSA) is 136 Å². The van der Waals surface area contributed by atoms with E-state index in [-0.39, 0.29) is 25.7 Å². The van der Waals surface area contributed by atoms with Crippen LogP contribution in [-0.4, -0.2) is 44.9 Å². The molecule has 0 aliphatic heterocycles. The fourth-order valence-corrected chi connectivity index (χ4v) is 6.08. The second kappa shape index (κ2) is 13.2. The summed E-state index contributed by atoms with van der Waals surface area (Å²) in [5.41, 5.74) is 0.608. The van der Waals surface area contributed by atoms with Crippen LogP contribution in [0.2, 0.25) is 0 Å². The van der Waals surface area contributed by atoms with Crippen LogP contribution in [0.5, 0.6) is 0 Å². The average Bonchev–Trinajstić information content (AvgIpc) is 2.99. The molecule has 230 valence electrons. The smallest absolute Gasteiger partial charge is 0.361 e. The first-order chi connectivity index (χ1) is 20.4. The van der Waals surface area contributed by atoms with E-state index >= 15 is 0 Å². The maximum Gasteiger partial charge on any atom is 0.361 e. The summed E-state index contributed by atoms with van der Waals surface area (Å²) in [6.07, 6.45) is 4.87. The summed E-state index contributed by atoms with van der Waals surface area (Å²) in [6.45, 7) is 7.58. The van der Waals surface area contributed by atoms with Gasteiger partial charge in [-0.1, -0.05) is 49.9 Å². The van der Waals surface area contributed by atoms with Gasteiger partial charge in [0.15, 0.2) is 17.8 Å². The lowest BCUT2D eigenvalue weighted by Gasteiger charge is -2.37. The van der Waals surface area contributed by atoms with Crippen molar-refractivity contribution >= 4 is 23.5 Å². The van der Waals surface area contributed by atoms with Gasteiger partial charge < -0.3 is 14.9 Å². The highest BCUT2D eigenvalue weighted by molar-refractivity contribution is 6.05. The third-order valence-corrected chi connectivity index (χ3v) is 9.07. The van der Waals surface area contributed by atoms with Crippen molar-refractivity contribution in [1.29, 1.82) is 0 Å². The molecule has 43 heavy (non-hydrogen) atoms. The number of ketones is 2. The molecule has 0 radical (unpaired) electrons. The molecule has 2 aliphatic rings. The van der Waals surface area contributed by atoms with Gasteiger partial charge in [0.05, 0.1) is 11.8 Å². The molecule has 4 unspecified atom stereocenters. The van der Waals surface area contributed by atoms with Crippen LogP contribution >= 0.6 is 0 Å². The molecule has 4 atom stereocenters. The minimum atomic E-state index is -1.94. The lowest BCUT2D eigenvalue weighted by molar-refractivity contribution is -0.249. The van der Waals surface area contributed by atoms with Crippen molar-refractivity contribution in [3.63, 3.8) is 0 Å². The number of hydrogen-bond acceptors (Lipinski definition) is 9. The fourth-order valence-electron chi connectivity index (χ4n) is 6.08. The highest BCUT2D eigenvalue weighted by atomic mass is 17.2. The number of esters is 1. The largest absolute Gasteiger partial charge is 0.431 e. The van der Waals surface area contributed by atoms with Crippen LogP contribution in [0.15, 0.2) is 48.9 Å². The van der Waals surface area contributed by atoms with Crippen LogP contribution in [0.25, 0.3) is 0 Å². The molecule has 9 nitrogen and oxygen atoms in total. The second-order valence-corrected chi connectivity index (χ2v) is 11.9. The monoisotopic (exact) mass is 592 g/mol. The molecule has 0 heterocycles. The summed E-state index contributed by atoms with van der Waals surface area (Å²) in [5, 5.41) is 22.7. The third kappa shape index (κ3) is 6.73. The van der Waals surface area contributed by atoms with E-state index in [1.807, 2.05) is 27.7 Å². The lowest BCUT2D eigenvalue weighted by atomic mass is 9.71. The highest BCUT2D eigenvalue weighted by Crippen LogP contribution is 2.39. The van der Waals surface area contributed by atoms with E-state index in [1.54, 1.807) is 36.4 Å². The maximum atomic E-state index is 13.3. The molecule has 2 N–H and O–H groups in total. The second-order valence-electron chi connectivity index (χ2n) is 11.9. The standard InChI is InChI=1S/C34H40O9/c1-21-11-13-25(19-23(21)3)29(35)33(39)15-7-5-9-27(33)31(37)41-17-18-42-43-32(38)28-10-6-8-16-34(28,40)30(36)26-14-12-22(2)24(4)20-26/h11-14,17-20,27-28,39-40H,5-10,15-16H2,1-4H3. The molecule has 0 aromatic heterocycles. The number of Topliss-reactive ketones (excluding diaryl/α,β-unsaturated/α-hetero) is 2. The molecule has 0 amide bonds. The van der Waals surface area contributed by atoms with E-state index in [1.165, 1.54) is 0 Å². The molecule has 2 saturated carbocycles. The third-order valence-electron chi connectivity index (χ3n) is 9.07. The van der Waals surface area contributed by atoms with E-state index in [2.05, 4.69) is 0 Å². The molecule has 9 heteroatoms. The van der Waals surface area contributed by atoms with E-state index in [0.29, 0.717) is 36.8 Å². The van der Waals surface area contributed by atoms with Crippen LogP contribution in [0.1, 0.15) is 94.3 Å². The molecular formula is C34H40O9. The summed E-state index contributed by atoms with van der Waals surface area (Å²) >= 11 is 0. The minimum Gasteiger partial charge on any atom is -0.431 e. The molecule has 2 aromatic carbocycles. The Morgan fingerprint density at radius 1 is 0.674 bits per heavy atom. The van der Waals surface area contributed by atoms with Crippen molar-refractivity contribution in [3.05, 3.63) is 82.3 Å². The van der Waals surface area contributed by atoms with Crippen molar-refractivity contribution in [2.24, 2.45) is 11.8 Å². The first kappa shape index (κ1) is 32.1. The van der Waals surface area contributed by atoms with Crippen LogP contribution in [0.3, 0.4) is 0 Å². The number of ether oxygens (including phenoxy) is 1. The van der Waals surface area contributed by atoms with Gasteiger partial charge in [0, 0.05) is 11.1 Å².